The maximum absolute atomic E-state index is 13.0. The summed E-state index contributed by atoms with van der Waals surface area (Å²) in [4.78, 5) is 17.5. The number of halogens is 1. The first-order valence-corrected chi connectivity index (χ1v) is 11.2. The minimum Gasteiger partial charge on any atom is -1.00 e. The van der Waals surface area contributed by atoms with Crippen LogP contribution in [0.3, 0.4) is 0 Å². The van der Waals surface area contributed by atoms with Crippen molar-refractivity contribution in [3.8, 4) is 0 Å². The largest absolute Gasteiger partial charge is 1.00 e. The molecule has 0 unspecified atom stereocenters. The van der Waals surface area contributed by atoms with Crippen LogP contribution in [0.15, 0.2) is 49.2 Å². The predicted octanol–water partition coefficient (Wildman–Crippen LogP) is -0.429. The minimum atomic E-state index is -0.680. The summed E-state index contributed by atoms with van der Waals surface area (Å²) in [6.07, 6.45) is 5.00. The van der Waals surface area contributed by atoms with Gasteiger partial charge in [0, 0.05) is 30.3 Å². The number of amides is 1. The third-order valence-electron chi connectivity index (χ3n) is 7.37. The second kappa shape index (κ2) is 9.59. The monoisotopic (exact) mass is 503 g/mol. The molecule has 3 aliphatic heterocycles. The van der Waals surface area contributed by atoms with Gasteiger partial charge in [-0.1, -0.05) is 24.3 Å². The number of piperidine rings is 3. The number of fused-ring (bicyclic) bond motifs is 4. The molecule has 1 amide bonds. The van der Waals surface area contributed by atoms with E-state index in [9.17, 15) is 15.0 Å². The molecule has 3 aliphatic rings. The molecule has 6 nitrogen and oxygen atoms in total. The van der Waals surface area contributed by atoms with Crippen LogP contribution in [0, 0.1) is 11.8 Å². The third kappa shape index (κ3) is 4.62. The van der Waals surface area contributed by atoms with Crippen LogP contribution in [0.4, 0.5) is 0 Å². The molecule has 32 heavy (non-hydrogen) atoms. The van der Waals surface area contributed by atoms with E-state index < -0.39 is 11.6 Å². The van der Waals surface area contributed by atoms with E-state index in [1.807, 2.05) is 50.3 Å². The lowest BCUT2D eigenvalue weighted by Gasteiger charge is -2.57. The fourth-order valence-electron chi connectivity index (χ4n) is 5.71. The average Bonchev–Trinajstić information content (AvgIpc) is 2.77. The summed E-state index contributed by atoms with van der Waals surface area (Å²) in [6.45, 7) is 9.53. The number of benzene rings is 1. The Morgan fingerprint density at radius 2 is 2.12 bits per heavy atom. The van der Waals surface area contributed by atoms with Crippen LogP contribution in [0.5, 0.6) is 0 Å². The molecule has 1 aromatic carbocycles. The molecule has 0 saturated carbocycles. The molecule has 0 radical (unpaired) electrons. The van der Waals surface area contributed by atoms with Crippen molar-refractivity contribution < 1.29 is 36.5 Å². The molecule has 3 N–H and O–H groups in total. The number of carbonyl (C=O) groups is 1. The zero-order valence-corrected chi connectivity index (χ0v) is 20.5. The van der Waals surface area contributed by atoms with Crippen LogP contribution in [0.25, 0.3) is 10.9 Å². The third-order valence-corrected chi connectivity index (χ3v) is 7.37. The van der Waals surface area contributed by atoms with Crippen LogP contribution >= 0.6 is 0 Å². The van der Waals surface area contributed by atoms with Gasteiger partial charge in [0.2, 0.25) is 0 Å². The van der Waals surface area contributed by atoms with Gasteiger partial charge in [0.15, 0.2) is 6.54 Å². The number of aliphatic hydroxyl groups excluding tert-OH is 2. The van der Waals surface area contributed by atoms with E-state index in [1.165, 1.54) is 0 Å². The molecule has 5 rings (SSSR count). The fraction of sp³-hybridized carbons (Fsp3) is 0.520. The van der Waals surface area contributed by atoms with Crippen LogP contribution < -0.4 is 22.3 Å². The topological polar surface area (TPSA) is 82.5 Å². The second-order valence-electron chi connectivity index (χ2n) is 9.99. The Kier molecular flexibility index (Phi) is 7.44. The molecule has 4 heterocycles. The number of para-hydroxylation sites is 1. The van der Waals surface area contributed by atoms with E-state index >= 15 is 0 Å². The summed E-state index contributed by atoms with van der Waals surface area (Å²) < 4.78 is 0.554. The number of carbonyl (C=O) groups excluding carboxylic acids is 1. The maximum Gasteiger partial charge on any atom is 0.275 e. The standard InChI is InChI=1S/C25H33N3O3.BrH/c1-4-17-14-28(15-23(30)27-25(2,3)16-29)12-10-18(17)13-22(28)24(31)20-9-11-26-21-8-6-5-7-19(20)21;/h4-9,11,17-18,22,24,29,31H,1,10,12-16H2,2-3H3;1H/t17-,18-,22+,24-,28-;/m0./s1. The number of nitrogens with one attached hydrogen (secondary N) is 1. The molecule has 0 spiro atoms. The number of hydrogen-bond acceptors (Lipinski definition) is 4. The van der Waals surface area contributed by atoms with Crippen molar-refractivity contribution in [2.24, 2.45) is 11.8 Å². The Hall–Kier alpha value is -1.80. The zero-order valence-electron chi connectivity index (χ0n) is 18.9. The van der Waals surface area contributed by atoms with E-state index in [2.05, 4.69) is 16.9 Å². The second-order valence-corrected chi connectivity index (χ2v) is 9.99. The summed E-state index contributed by atoms with van der Waals surface area (Å²) >= 11 is 0. The molecule has 0 aliphatic carbocycles. The lowest BCUT2D eigenvalue weighted by atomic mass is 9.71. The molecular formula is C25H34BrN3O3. The highest BCUT2D eigenvalue weighted by Crippen LogP contribution is 2.46. The van der Waals surface area contributed by atoms with Crippen molar-refractivity contribution >= 4 is 16.8 Å². The molecular weight excluding hydrogens is 470 g/mol. The van der Waals surface area contributed by atoms with Gasteiger partial charge in [-0.05, 0) is 37.5 Å². The Labute approximate surface area is 200 Å². The van der Waals surface area contributed by atoms with Gasteiger partial charge in [0.05, 0.1) is 30.8 Å². The van der Waals surface area contributed by atoms with E-state index in [0.717, 1.165) is 42.4 Å². The first-order chi connectivity index (χ1) is 14.8. The smallest absolute Gasteiger partial charge is 0.275 e. The van der Waals surface area contributed by atoms with Gasteiger partial charge >= 0.3 is 0 Å². The van der Waals surface area contributed by atoms with Crippen LogP contribution in [0.2, 0.25) is 0 Å². The van der Waals surface area contributed by atoms with Crippen LogP contribution in [0.1, 0.15) is 38.4 Å². The summed E-state index contributed by atoms with van der Waals surface area (Å²) in [5, 5.41) is 25.1. The number of rotatable bonds is 7. The molecule has 5 atom stereocenters. The molecule has 3 fully saturated rings. The zero-order chi connectivity index (χ0) is 22.2. The molecule has 2 aromatic rings. The van der Waals surface area contributed by atoms with E-state index in [-0.39, 0.29) is 35.5 Å². The molecule has 2 bridgehead atoms. The number of aromatic nitrogens is 1. The van der Waals surface area contributed by atoms with Gasteiger partial charge in [-0.25, -0.2) is 0 Å². The minimum absolute atomic E-state index is 0. The van der Waals surface area contributed by atoms with Crippen molar-refractivity contribution in [2.75, 3.05) is 26.2 Å². The first-order valence-electron chi connectivity index (χ1n) is 11.2. The lowest BCUT2D eigenvalue weighted by molar-refractivity contribution is -0.966. The Balaban J connectivity index is 0.00000289. The number of aliphatic hydroxyl groups is 2. The highest BCUT2D eigenvalue weighted by atomic mass is 79.9. The molecule has 7 heteroatoms. The number of hydrogen-bond donors (Lipinski definition) is 3. The van der Waals surface area contributed by atoms with Crippen LogP contribution in [-0.2, 0) is 4.79 Å². The van der Waals surface area contributed by atoms with Gasteiger partial charge in [0.1, 0.15) is 12.1 Å². The normalized spacial score (nSPS) is 28.1. The number of quaternary nitrogens is 1. The summed E-state index contributed by atoms with van der Waals surface area (Å²) in [6, 6.07) is 9.73. The van der Waals surface area contributed by atoms with Gasteiger partial charge in [-0.3, -0.25) is 9.78 Å². The number of pyridine rings is 1. The summed E-state index contributed by atoms with van der Waals surface area (Å²) in [7, 11) is 0. The summed E-state index contributed by atoms with van der Waals surface area (Å²) in [5.41, 5.74) is 1.08. The fourth-order valence-corrected chi connectivity index (χ4v) is 5.71. The van der Waals surface area contributed by atoms with Gasteiger partial charge in [0.25, 0.3) is 5.91 Å². The van der Waals surface area contributed by atoms with Crippen molar-refractivity contribution in [3.63, 3.8) is 0 Å². The highest BCUT2D eigenvalue weighted by Gasteiger charge is 2.54. The lowest BCUT2D eigenvalue weighted by Crippen LogP contribution is -3.00. The van der Waals surface area contributed by atoms with E-state index in [0.29, 0.717) is 22.9 Å². The Morgan fingerprint density at radius 3 is 2.84 bits per heavy atom. The molecule has 3 saturated heterocycles. The van der Waals surface area contributed by atoms with Crippen molar-refractivity contribution in [3.05, 3.63) is 54.7 Å². The van der Waals surface area contributed by atoms with Crippen molar-refractivity contribution in [1.29, 1.82) is 0 Å². The van der Waals surface area contributed by atoms with Crippen LogP contribution in [-0.4, -0.2) is 63.4 Å². The molecule has 1 aromatic heterocycles. The van der Waals surface area contributed by atoms with E-state index in [4.69, 9.17) is 0 Å². The quantitative estimate of drug-likeness (QED) is 0.353. The number of nitrogens with zero attached hydrogens (tertiary/aromatic N) is 2. The van der Waals surface area contributed by atoms with Gasteiger partial charge in [-0.15, -0.1) is 6.58 Å². The Bertz CT molecular complexity index is 977. The van der Waals surface area contributed by atoms with Crippen molar-refractivity contribution in [1.82, 2.24) is 10.3 Å². The first kappa shape index (κ1) is 24.8. The summed E-state index contributed by atoms with van der Waals surface area (Å²) in [5.74, 6) is 0.756. The highest BCUT2D eigenvalue weighted by molar-refractivity contribution is 5.82. The molecule has 174 valence electrons. The van der Waals surface area contributed by atoms with Gasteiger partial charge in [-0.2, -0.15) is 0 Å². The van der Waals surface area contributed by atoms with E-state index in [1.54, 1.807) is 6.20 Å². The average molecular weight is 504 g/mol. The Morgan fingerprint density at radius 1 is 1.38 bits per heavy atom. The maximum atomic E-state index is 13.0. The SMILES string of the molecule is C=C[C@H]1C[N@+]2(CC(=O)NC(C)(C)CO)CC[C@H]1C[C@@H]2[C@@H](O)c1ccnc2ccccc12.[Br-]. The van der Waals surface area contributed by atoms with Crippen molar-refractivity contribution in [2.45, 2.75) is 44.4 Å². The predicted molar refractivity (Wildman–Crippen MR) is 121 cm³/mol. The van der Waals surface area contributed by atoms with Gasteiger partial charge < -0.3 is 37.0 Å².